The summed E-state index contributed by atoms with van der Waals surface area (Å²) in [7, 11) is 1.73. The smallest absolute Gasteiger partial charge is 0.0648 e. The first-order valence-electron chi connectivity index (χ1n) is 9.23. The molecule has 1 aliphatic carbocycles. The minimum Gasteiger partial charge on any atom is -0.383 e. The van der Waals surface area contributed by atoms with Crippen LogP contribution in [0.3, 0.4) is 0 Å². The van der Waals surface area contributed by atoms with Gasteiger partial charge in [0.2, 0.25) is 0 Å². The van der Waals surface area contributed by atoms with Crippen molar-refractivity contribution in [2.75, 3.05) is 13.7 Å². The van der Waals surface area contributed by atoms with Crippen molar-refractivity contribution in [1.29, 1.82) is 0 Å². The number of hydrogen-bond acceptors (Lipinski definition) is 2. The lowest BCUT2D eigenvalue weighted by molar-refractivity contribution is 0.139. The molecule has 23 heavy (non-hydrogen) atoms. The van der Waals surface area contributed by atoms with Gasteiger partial charge in [0.1, 0.15) is 0 Å². The van der Waals surface area contributed by atoms with Crippen LogP contribution in [0.4, 0.5) is 0 Å². The van der Waals surface area contributed by atoms with Gasteiger partial charge in [-0.3, -0.25) is 0 Å². The van der Waals surface area contributed by atoms with E-state index >= 15 is 0 Å². The first-order chi connectivity index (χ1) is 11.2. The molecule has 0 heterocycles. The molecule has 0 fully saturated rings. The van der Waals surface area contributed by atoms with Crippen molar-refractivity contribution in [2.45, 2.75) is 70.3 Å². The molecule has 2 heteroatoms. The lowest BCUT2D eigenvalue weighted by Gasteiger charge is -2.23. The third-order valence-corrected chi connectivity index (χ3v) is 4.87. The quantitative estimate of drug-likeness (QED) is 0.609. The summed E-state index contributed by atoms with van der Waals surface area (Å²) in [4.78, 5) is 0. The Hall–Kier alpha value is -1.12. The Bertz CT molecular complexity index is 491. The Morgan fingerprint density at radius 2 is 1.74 bits per heavy atom. The van der Waals surface area contributed by atoms with Crippen molar-refractivity contribution in [1.82, 2.24) is 0 Å². The molecule has 1 unspecified atom stereocenters. The van der Waals surface area contributed by atoms with E-state index in [4.69, 9.17) is 10.5 Å². The number of aryl methyl sites for hydroxylation is 1. The van der Waals surface area contributed by atoms with Crippen molar-refractivity contribution in [3.8, 4) is 0 Å². The number of rotatable bonds is 10. The van der Waals surface area contributed by atoms with Crippen molar-refractivity contribution < 1.29 is 4.74 Å². The maximum absolute atomic E-state index is 6.37. The number of methoxy groups -OCH3 is 1. The zero-order valence-corrected chi connectivity index (χ0v) is 14.9. The normalized spacial score (nSPS) is 20.7. The monoisotopic (exact) mass is 315 g/mol. The third kappa shape index (κ3) is 5.78. The molecule has 1 aromatic carbocycles. The lowest BCUT2D eigenvalue weighted by atomic mass is 9.94. The first kappa shape index (κ1) is 18.2. The van der Waals surface area contributed by atoms with Crippen LogP contribution in [-0.4, -0.2) is 19.3 Å². The minimum absolute atomic E-state index is 0.207. The van der Waals surface area contributed by atoms with Crippen LogP contribution in [0.1, 0.15) is 69.4 Å². The highest BCUT2D eigenvalue weighted by Crippen LogP contribution is 2.34. The SMILES string of the molecule is CCCCCCCCc1ccc(C2=CCC(N)(COC)C2)cc1. The minimum atomic E-state index is -0.207. The summed E-state index contributed by atoms with van der Waals surface area (Å²) in [5.41, 5.74) is 10.3. The molecule has 1 atom stereocenters. The summed E-state index contributed by atoms with van der Waals surface area (Å²) in [5.74, 6) is 0. The van der Waals surface area contributed by atoms with E-state index in [2.05, 4.69) is 37.3 Å². The predicted molar refractivity (Wildman–Crippen MR) is 99.5 cm³/mol. The highest BCUT2D eigenvalue weighted by Gasteiger charge is 2.30. The van der Waals surface area contributed by atoms with Gasteiger partial charge < -0.3 is 10.5 Å². The molecule has 0 bridgehead atoms. The number of nitrogens with two attached hydrogens (primary N) is 1. The predicted octanol–water partition coefficient (Wildman–Crippen LogP) is 5.11. The molecule has 0 amide bonds. The van der Waals surface area contributed by atoms with Crippen LogP contribution in [-0.2, 0) is 11.2 Å². The zero-order valence-electron chi connectivity index (χ0n) is 14.9. The molecule has 0 spiro atoms. The Balaban J connectivity index is 1.77. The van der Waals surface area contributed by atoms with E-state index in [9.17, 15) is 0 Å². The molecule has 2 nitrogen and oxygen atoms in total. The number of unbranched alkanes of at least 4 members (excludes halogenated alkanes) is 5. The van der Waals surface area contributed by atoms with Crippen molar-refractivity contribution in [2.24, 2.45) is 5.73 Å². The van der Waals surface area contributed by atoms with Crippen LogP contribution in [0.15, 0.2) is 30.3 Å². The van der Waals surface area contributed by atoms with E-state index in [1.165, 1.54) is 61.6 Å². The second-order valence-corrected chi connectivity index (χ2v) is 7.12. The molecule has 0 aliphatic heterocycles. The van der Waals surface area contributed by atoms with Crippen molar-refractivity contribution in [3.63, 3.8) is 0 Å². The zero-order chi connectivity index (χ0) is 16.5. The largest absolute Gasteiger partial charge is 0.383 e. The third-order valence-electron chi connectivity index (χ3n) is 4.87. The summed E-state index contributed by atoms with van der Waals surface area (Å²) in [6, 6.07) is 9.09. The fraction of sp³-hybridized carbons (Fsp3) is 0.619. The molecular formula is C21H33NO. The van der Waals surface area contributed by atoms with Gasteiger partial charge in [-0.05, 0) is 42.4 Å². The Morgan fingerprint density at radius 3 is 2.43 bits per heavy atom. The van der Waals surface area contributed by atoms with E-state index in [1.54, 1.807) is 7.11 Å². The van der Waals surface area contributed by atoms with Gasteiger partial charge >= 0.3 is 0 Å². The van der Waals surface area contributed by atoms with Gasteiger partial charge in [-0.25, -0.2) is 0 Å². The van der Waals surface area contributed by atoms with Crippen LogP contribution in [0.5, 0.6) is 0 Å². The summed E-state index contributed by atoms with van der Waals surface area (Å²) in [6.07, 6.45) is 13.5. The van der Waals surface area contributed by atoms with Gasteiger partial charge in [0.25, 0.3) is 0 Å². The Labute approximate surface area is 142 Å². The molecular weight excluding hydrogens is 282 g/mol. The van der Waals surface area contributed by atoms with Crippen LogP contribution in [0.2, 0.25) is 0 Å². The molecule has 1 aromatic rings. The molecule has 2 rings (SSSR count). The van der Waals surface area contributed by atoms with Gasteiger partial charge in [0.15, 0.2) is 0 Å². The number of benzene rings is 1. The van der Waals surface area contributed by atoms with E-state index < -0.39 is 0 Å². The fourth-order valence-electron chi connectivity index (χ4n) is 3.46. The molecule has 0 aromatic heterocycles. The summed E-state index contributed by atoms with van der Waals surface area (Å²) < 4.78 is 5.25. The average molecular weight is 316 g/mol. The Kier molecular flexibility index (Phi) is 7.32. The maximum Gasteiger partial charge on any atom is 0.0648 e. The Morgan fingerprint density at radius 1 is 1.04 bits per heavy atom. The molecule has 0 saturated carbocycles. The van der Waals surface area contributed by atoms with Gasteiger partial charge in [-0.15, -0.1) is 0 Å². The van der Waals surface area contributed by atoms with E-state index in [1.807, 2.05) is 0 Å². The standard InChI is InChI=1S/C21H33NO/c1-3-4-5-6-7-8-9-18-10-12-19(13-11-18)20-14-15-21(22,16-20)17-23-2/h10-14H,3-9,15-17,22H2,1-2H3. The van der Waals surface area contributed by atoms with Crippen LogP contribution >= 0.6 is 0 Å². The second-order valence-electron chi connectivity index (χ2n) is 7.12. The molecule has 0 radical (unpaired) electrons. The highest BCUT2D eigenvalue weighted by molar-refractivity contribution is 5.69. The number of ether oxygens (including phenoxy) is 1. The van der Waals surface area contributed by atoms with Gasteiger partial charge in [0, 0.05) is 12.6 Å². The van der Waals surface area contributed by atoms with Crippen LogP contribution in [0.25, 0.3) is 5.57 Å². The topological polar surface area (TPSA) is 35.2 Å². The number of hydrogen-bond donors (Lipinski definition) is 1. The second kappa shape index (κ2) is 9.24. The fourth-order valence-corrected chi connectivity index (χ4v) is 3.46. The maximum atomic E-state index is 6.37. The first-order valence-corrected chi connectivity index (χ1v) is 9.23. The lowest BCUT2D eigenvalue weighted by Crippen LogP contribution is -2.41. The van der Waals surface area contributed by atoms with E-state index in [-0.39, 0.29) is 5.54 Å². The van der Waals surface area contributed by atoms with Gasteiger partial charge in [-0.1, -0.05) is 69.4 Å². The van der Waals surface area contributed by atoms with Gasteiger partial charge in [0.05, 0.1) is 6.61 Å². The molecule has 2 N–H and O–H groups in total. The van der Waals surface area contributed by atoms with Crippen molar-refractivity contribution >= 4 is 5.57 Å². The highest BCUT2D eigenvalue weighted by atomic mass is 16.5. The summed E-state index contributed by atoms with van der Waals surface area (Å²) in [6.45, 7) is 2.90. The average Bonchev–Trinajstić information content (AvgIpc) is 2.94. The molecule has 0 saturated heterocycles. The van der Waals surface area contributed by atoms with Gasteiger partial charge in [-0.2, -0.15) is 0 Å². The summed E-state index contributed by atoms with van der Waals surface area (Å²) >= 11 is 0. The molecule has 1 aliphatic rings. The molecule has 128 valence electrons. The van der Waals surface area contributed by atoms with E-state index in [0.717, 1.165) is 12.8 Å². The van der Waals surface area contributed by atoms with E-state index in [0.29, 0.717) is 6.61 Å². The summed E-state index contributed by atoms with van der Waals surface area (Å²) in [5, 5.41) is 0. The van der Waals surface area contributed by atoms with Crippen molar-refractivity contribution in [3.05, 3.63) is 41.5 Å². The van der Waals surface area contributed by atoms with Crippen LogP contribution < -0.4 is 5.73 Å². The van der Waals surface area contributed by atoms with Crippen LogP contribution in [0, 0.1) is 0 Å².